The molecule has 0 aliphatic carbocycles. The van der Waals surface area contributed by atoms with E-state index in [4.69, 9.17) is 0 Å². The molecule has 0 atom stereocenters. The van der Waals surface area contributed by atoms with Gasteiger partial charge >= 0.3 is 5.69 Å². The first-order valence-corrected chi connectivity index (χ1v) is 10.5. The number of aryl methyl sites for hydroxylation is 1. The average molecular weight is 438 g/mol. The van der Waals surface area contributed by atoms with Gasteiger partial charge in [-0.15, -0.1) is 0 Å². The number of aromatic nitrogens is 2. The van der Waals surface area contributed by atoms with Crippen molar-refractivity contribution >= 4 is 22.7 Å². The van der Waals surface area contributed by atoms with Gasteiger partial charge in [-0.25, -0.2) is 9.18 Å². The predicted octanol–water partition coefficient (Wildman–Crippen LogP) is 1.59. The first kappa shape index (κ1) is 21.5. The van der Waals surface area contributed by atoms with Crippen LogP contribution < -0.4 is 11.2 Å². The van der Waals surface area contributed by atoms with Gasteiger partial charge in [0, 0.05) is 39.1 Å². The second-order valence-electron chi connectivity index (χ2n) is 7.68. The highest BCUT2D eigenvalue weighted by atomic mass is 19.1. The standard InChI is InChI=1S/C23H23FN4O4/c24-18-8-3-1-6-16(18)22(31)27-12-5-11-26(14-15-27)20(29)10-13-28-19-9-4-2-7-17(19)21(30)25-23(28)32/h1-4,6-9H,5,10-15H2,(H,25,30,32). The molecular weight excluding hydrogens is 415 g/mol. The molecule has 2 aromatic carbocycles. The lowest BCUT2D eigenvalue weighted by Crippen LogP contribution is -2.38. The Balaban J connectivity index is 1.42. The van der Waals surface area contributed by atoms with Crippen LogP contribution in [0, 0.1) is 5.82 Å². The molecule has 3 aromatic rings. The highest BCUT2D eigenvalue weighted by Crippen LogP contribution is 2.14. The normalized spacial score (nSPS) is 14.4. The smallest absolute Gasteiger partial charge is 0.328 e. The largest absolute Gasteiger partial charge is 0.341 e. The zero-order valence-electron chi connectivity index (χ0n) is 17.4. The van der Waals surface area contributed by atoms with E-state index in [1.807, 2.05) is 0 Å². The Hall–Kier alpha value is -3.75. The molecule has 32 heavy (non-hydrogen) atoms. The Bertz CT molecular complexity index is 1280. The van der Waals surface area contributed by atoms with Gasteiger partial charge in [0.1, 0.15) is 5.82 Å². The quantitative estimate of drug-likeness (QED) is 0.669. The molecule has 1 aliphatic heterocycles. The van der Waals surface area contributed by atoms with Gasteiger partial charge in [0.15, 0.2) is 0 Å². The molecule has 8 nitrogen and oxygen atoms in total. The topological polar surface area (TPSA) is 95.5 Å². The lowest BCUT2D eigenvalue weighted by atomic mass is 10.2. The van der Waals surface area contributed by atoms with Crippen molar-refractivity contribution in [3.8, 4) is 0 Å². The molecule has 0 saturated carbocycles. The second-order valence-corrected chi connectivity index (χ2v) is 7.68. The van der Waals surface area contributed by atoms with Gasteiger partial charge in [-0.1, -0.05) is 24.3 Å². The van der Waals surface area contributed by atoms with Crippen molar-refractivity contribution < 1.29 is 14.0 Å². The van der Waals surface area contributed by atoms with Crippen LogP contribution in [0.25, 0.3) is 10.9 Å². The summed E-state index contributed by atoms with van der Waals surface area (Å²) in [6.07, 6.45) is 0.657. The summed E-state index contributed by atoms with van der Waals surface area (Å²) in [5, 5.41) is 0.386. The number of nitrogens with zero attached hydrogens (tertiary/aromatic N) is 3. The van der Waals surface area contributed by atoms with E-state index in [2.05, 4.69) is 4.98 Å². The van der Waals surface area contributed by atoms with Crippen molar-refractivity contribution in [2.45, 2.75) is 19.4 Å². The Morgan fingerprint density at radius 1 is 0.906 bits per heavy atom. The van der Waals surface area contributed by atoms with Gasteiger partial charge in [0.2, 0.25) is 5.91 Å². The molecule has 1 N–H and O–H groups in total. The van der Waals surface area contributed by atoms with Crippen molar-refractivity contribution in [2.24, 2.45) is 0 Å². The zero-order chi connectivity index (χ0) is 22.7. The minimum absolute atomic E-state index is 0.0246. The van der Waals surface area contributed by atoms with Crippen LogP contribution in [0.3, 0.4) is 0 Å². The van der Waals surface area contributed by atoms with Crippen LogP contribution in [0.2, 0.25) is 0 Å². The van der Waals surface area contributed by atoms with E-state index in [1.54, 1.807) is 40.1 Å². The van der Waals surface area contributed by atoms with Crippen molar-refractivity contribution in [2.75, 3.05) is 26.2 Å². The number of carbonyl (C=O) groups is 2. The lowest BCUT2D eigenvalue weighted by molar-refractivity contribution is -0.131. The van der Waals surface area contributed by atoms with Crippen LogP contribution in [0.15, 0.2) is 58.1 Å². The maximum atomic E-state index is 14.0. The monoisotopic (exact) mass is 438 g/mol. The highest BCUT2D eigenvalue weighted by Gasteiger charge is 2.24. The number of para-hydroxylation sites is 1. The van der Waals surface area contributed by atoms with E-state index in [0.29, 0.717) is 43.5 Å². The Morgan fingerprint density at radius 3 is 2.41 bits per heavy atom. The molecule has 1 aromatic heterocycles. The van der Waals surface area contributed by atoms with Gasteiger partial charge < -0.3 is 9.80 Å². The van der Waals surface area contributed by atoms with E-state index in [-0.39, 0.29) is 30.3 Å². The van der Waals surface area contributed by atoms with E-state index >= 15 is 0 Å². The molecule has 2 heterocycles. The summed E-state index contributed by atoms with van der Waals surface area (Å²) in [4.78, 5) is 55.3. The Morgan fingerprint density at radius 2 is 1.59 bits per heavy atom. The third-order valence-corrected chi connectivity index (χ3v) is 5.69. The van der Waals surface area contributed by atoms with E-state index in [0.717, 1.165) is 0 Å². The van der Waals surface area contributed by atoms with Crippen molar-refractivity contribution in [3.05, 3.63) is 80.7 Å². The Labute approximate surface area is 182 Å². The van der Waals surface area contributed by atoms with Gasteiger partial charge in [0.25, 0.3) is 11.5 Å². The first-order valence-electron chi connectivity index (χ1n) is 10.5. The zero-order valence-corrected chi connectivity index (χ0v) is 17.4. The molecule has 0 unspecified atom stereocenters. The maximum absolute atomic E-state index is 14.0. The summed E-state index contributed by atoms with van der Waals surface area (Å²) in [6, 6.07) is 12.6. The number of hydrogen-bond acceptors (Lipinski definition) is 4. The van der Waals surface area contributed by atoms with Gasteiger partial charge in [-0.2, -0.15) is 0 Å². The number of fused-ring (bicyclic) bond motifs is 1. The minimum atomic E-state index is -0.562. The van der Waals surface area contributed by atoms with Gasteiger partial charge in [-0.05, 0) is 30.7 Å². The van der Waals surface area contributed by atoms with Crippen LogP contribution in [-0.2, 0) is 11.3 Å². The average Bonchev–Trinajstić information content (AvgIpc) is 3.05. The number of H-pyrrole nitrogens is 1. The van der Waals surface area contributed by atoms with Crippen molar-refractivity contribution in [1.82, 2.24) is 19.4 Å². The number of carbonyl (C=O) groups excluding carboxylic acids is 2. The first-order chi connectivity index (χ1) is 15.5. The lowest BCUT2D eigenvalue weighted by Gasteiger charge is -2.22. The maximum Gasteiger partial charge on any atom is 0.328 e. The molecule has 0 bridgehead atoms. The summed E-state index contributed by atoms with van der Waals surface area (Å²) in [7, 11) is 0. The van der Waals surface area contributed by atoms with Crippen LogP contribution >= 0.6 is 0 Å². The number of nitrogens with one attached hydrogen (secondary N) is 1. The summed E-state index contributed by atoms with van der Waals surface area (Å²) >= 11 is 0. The number of hydrogen-bond donors (Lipinski definition) is 1. The van der Waals surface area contributed by atoms with Crippen LogP contribution in [-0.4, -0.2) is 57.3 Å². The number of rotatable bonds is 4. The summed E-state index contributed by atoms with van der Waals surface area (Å²) in [5.74, 6) is -1.09. The van der Waals surface area contributed by atoms with Crippen LogP contribution in [0.4, 0.5) is 4.39 Å². The summed E-state index contributed by atoms with van der Waals surface area (Å²) in [5.41, 5.74) is -0.512. The highest BCUT2D eigenvalue weighted by molar-refractivity contribution is 5.94. The number of aromatic amines is 1. The molecular formula is C23H23FN4O4. The van der Waals surface area contributed by atoms with E-state index < -0.39 is 17.1 Å². The van der Waals surface area contributed by atoms with Gasteiger partial charge in [-0.3, -0.25) is 23.9 Å². The van der Waals surface area contributed by atoms with E-state index in [1.165, 1.54) is 22.8 Å². The molecule has 1 saturated heterocycles. The molecule has 4 rings (SSSR count). The third kappa shape index (κ3) is 4.32. The summed E-state index contributed by atoms with van der Waals surface area (Å²) < 4.78 is 15.4. The molecule has 2 amide bonds. The molecule has 0 radical (unpaired) electrons. The number of halogens is 1. The molecule has 9 heteroatoms. The van der Waals surface area contributed by atoms with Crippen LogP contribution in [0.5, 0.6) is 0 Å². The fourth-order valence-electron chi connectivity index (χ4n) is 4.00. The minimum Gasteiger partial charge on any atom is -0.341 e. The van der Waals surface area contributed by atoms with Crippen molar-refractivity contribution in [3.63, 3.8) is 0 Å². The van der Waals surface area contributed by atoms with Crippen molar-refractivity contribution in [1.29, 1.82) is 0 Å². The number of benzene rings is 2. The fraction of sp³-hybridized carbons (Fsp3) is 0.304. The second kappa shape index (κ2) is 9.17. The fourth-order valence-corrected chi connectivity index (χ4v) is 4.00. The Kier molecular flexibility index (Phi) is 6.16. The third-order valence-electron chi connectivity index (χ3n) is 5.69. The van der Waals surface area contributed by atoms with E-state index in [9.17, 15) is 23.6 Å². The molecule has 1 fully saturated rings. The van der Waals surface area contributed by atoms with Crippen LogP contribution in [0.1, 0.15) is 23.2 Å². The molecule has 166 valence electrons. The van der Waals surface area contributed by atoms with Gasteiger partial charge in [0.05, 0.1) is 16.5 Å². The molecule has 1 aliphatic rings. The predicted molar refractivity (Wildman–Crippen MR) is 117 cm³/mol. The molecule has 0 spiro atoms. The number of amides is 2. The SMILES string of the molecule is O=C(CCn1c(=O)[nH]c(=O)c2ccccc21)N1CCCN(C(=O)c2ccccc2F)CC1. The summed E-state index contributed by atoms with van der Waals surface area (Å²) in [6.45, 7) is 1.67.